The van der Waals surface area contributed by atoms with Crippen LogP contribution >= 0.6 is 11.6 Å². The van der Waals surface area contributed by atoms with E-state index in [1.807, 2.05) is 0 Å². The van der Waals surface area contributed by atoms with Gasteiger partial charge in [-0.25, -0.2) is 0 Å². The predicted octanol–water partition coefficient (Wildman–Crippen LogP) is 3.31. The minimum absolute atomic E-state index is 0.00887. The number of hydrogen-bond donors (Lipinski definition) is 2. The molecule has 0 unspecified atom stereocenters. The van der Waals surface area contributed by atoms with E-state index < -0.39 is 35.1 Å². The molecule has 0 bridgehead atoms. The van der Waals surface area contributed by atoms with Gasteiger partial charge < -0.3 is 15.7 Å². The molecule has 0 aliphatic rings. The first-order valence-corrected chi connectivity index (χ1v) is 5.42. The van der Waals surface area contributed by atoms with Gasteiger partial charge in [-0.15, -0.1) is 0 Å². The first-order chi connectivity index (χ1) is 9.46. The minimum atomic E-state index is -5.66. The zero-order valence-corrected chi connectivity index (χ0v) is 10.6. The van der Waals surface area contributed by atoms with E-state index in [1.165, 1.54) is 0 Å². The Balaban J connectivity index is 3.12. The Hall–Kier alpha value is -1.84. The predicted molar refractivity (Wildman–Crippen MR) is 60.5 cm³/mol. The van der Waals surface area contributed by atoms with Crippen LogP contribution in [0, 0.1) is 0 Å². The second kappa shape index (κ2) is 5.88. The standard InChI is InChI=1S/C10H7ClF6N2O2/c11-5-3-4(7(18)19-20)1-2-6(5)21-8(9(12,13)14)10(15,16)17/h1-3,8,20H,(H2,18,19). The van der Waals surface area contributed by atoms with Crippen molar-refractivity contribution in [1.82, 2.24) is 0 Å². The van der Waals surface area contributed by atoms with Gasteiger partial charge in [0.1, 0.15) is 5.75 Å². The van der Waals surface area contributed by atoms with Crippen LogP contribution in [0.25, 0.3) is 0 Å². The van der Waals surface area contributed by atoms with Crippen LogP contribution in [0.5, 0.6) is 5.75 Å². The van der Waals surface area contributed by atoms with Crippen molar-refractivity contribution >= 4 is 17.4 Å². The molecule has 4 nitrogen and oxygen atoms in total. The van der Waals surface area contributed by atoms with Crippen LogP contribution in [0.1, 0.15) is 5.56 Å². The van der Waals surface area contributed by atoms with E-state index in [1.54, 1.807) is 0 Å². The lowest BCUT2D eigenvalue weighted by atomic mass is 10.2. The number of nitrogens with zero attached hydrogens (tertiary/aromatic N) is 1. The van der Waals surface area contributed by atoms with Crippen LogP contribution in [-0.4, -0.2) is 29.5 Å². The number of nitrogens with two attached hydrogens (primary N) is 1. The molecule has 0 saturated carbocycles. The Morgan fingerprint density at radius 2 is 1.71 bits per heavy atom. The molecular weight excluding hydrogens is 330 g/mol. The second-order valence-corrected chi connectivity index (χ2v) is 4.12. The lowest BCUT2D eigenvalue weighted by Gasteiger charge is -2.24. The number of alkyl halides is 6. The Kier molecular flexibility index (Phi) is 4.82. The highest BCUT2D eigenvalue weighted by atomic mass is 35.5. The molecule has 0 aliphatic heterocycles. The number of rotatable bonds is 3. The molecule has 3 N–H and O–H groups in total. The molecule has 11 heteroatoms. The van der Waals surface area contributed by atoms with Gasteiger partial charge in [0.15, 0.2) is 5.84 Å². The topological polar surface area (TPSA) is 67.8 Å². The molecule has 0 aliphatic carbocycles. The fraction of sp³-hybridized carbons (Fsp3) is 0.300. The average molecular weight is 337 g/mol. The molecule has 21 heavy (non-hydrogen) atoms. The summed E-state index contributed by atoms with van der Waals surface area (Å²) in [5.74, 6) is -1.27. The summed E-state index contributed by atoms with van der Waals surface area (Å²) in [6, 6.07) is 2.63. The van der Waals surface area contributed by atoms with Crippen molar-refractivity contribution in [3.05, 3.63) is 28.8 Å². The minimum Gasteiger partial charge on any atom is -0.470 e. The van der Waals surface area contributed by atoms with Gasteiger partial charge in [-0.3, -0.25) is 0 Å². The SMILES string of the molecule is N/C(=N/O)c1ccc(OC(C(F)(F)F)C(F)(F)F)c(Cl)c1. The first-order valence-electron chi connectivity index (χ1n) is 5.04. The summed E-state index contributed by atoms with van der Waals surface area (Å²) in [7, 11) is 0. The number of halogens is 7. The largest absolute Gasteiger partial charge is 0.470 e. The molecule has 0 heterocycles. The van der Waals surface area contributed by atoms with Crippen LogP contribution in [-0.2, 0) is 0 Å². The molecule has 0 amide bonds. The third-order valence-electron chi connectivity index (χ3n) is 2.17. The maximum absolute atomic E-state index is 12.3. The van der Waals surface area contributed by atoms with Gasteiger partial charge in [0.2, 0.25) is 0 Å². The molecule has 0 aromatic heterocycles. The van der Waals surface area contributed by atoms with Gasteiger partial charge >= 0.3 is 12.4 Å². The monoisotopic (exact) mass is 336 g/mol. The third kappa shape index (κ3) is 4.31. The fourth-order valence-corrected chi connectivity index (χ4v) is 1.48. The molecule has 0 saturated heterocycles. The number of benzene rings is 1. The van der Waals surface area contributed by atoms with Crippen molar-refractivity contribution in [2.24, 2.45) is 10.9 Å². The van der Waals surface area contributed by atoms with E-state index in [2.05, 4.69) is 9.89 Å². The lowest BCUT2D eigenvalue weighted by molar-refractivity contribution is -0.299. The molecule has 1 rings (SSSR count). The molecular formula is C10H7ClF6N2O2. The van der Waals surface area contributed by atoms with Gasteiger partial charge in [-0.1, -0.05) is 16.8 Å². The van der Waals surface area contributed by atoms with Crippen LogP contribution in [0.15, 0.2) is 23.4 Å². The Morgan fingerprint density at radius 3 is 2.10 bits per heavy atom. The zero-order valence-electron chi connectivity index (χ0n) is 9.84. The highest BCUT2D eigenvalue weighted by Gasteiger charge is 2.59. The van der Waals surface area contributed by atoms with Crippen LogP contribution in [0.3, 0.4) is 0 Å². The van der Waals surface area contributed by atoms with Crippen LogP contribution in [0.2, 0.25) is 5.02 Å². The number of amidine groups is 1. The zero-order chi connectivity index (χ0) is 16.4. The normalized spacial score (nSPS) is 13.6. The van der Waals surface area contributed by atoms with Crippen molar-refractivity contribution in [2.75, 3.05) is 0 Å². The van der Waals surface area contributed by atoms with Crippen LogP contribution < -0.4 is 10.5 Å². The maximum Gasteiger partial charge on any atom is 0.434 e. The Labute approximate surface area is 118 Å². The molecule has 0 fully saturated rings. The smallest absolute Gasteiger partial charge is 0.434 e. The highest BCUT2D eigenvalue weighted by Crippen LogP contribution is 2.38. The second-order valence-electron chi connectivity index (χ2n) is 3.71. The molecule has 0 atom stereocenters. The Morgan fingerprint density at radius 1 is 1.19 bits per heavy atom. The Bertz CT molecular complexity index is 529. The van der Waals surface area contributed by atoms with Gasteiger partial charge in [0.05, 0.1) is 5.02 Å². The first kappa shape index (κ1) is 17.2. The molecule has 0 spiro atoms. The summed E-state index contributed by atoms with van der Waals surface area (Å²) in [6.07, 6.45) is -15.3. The summed E-state index contributed by atoms with van der Waals surface area (Å²) in [5.41, 5.74) is 5.18. The third-order valence-corrected chi connectivity index (χ3v) is 2.47. The molecule has 118 valence electrons. The summed E-state index contributed by atoms with van der Waals surface area (Å²) < 4.78 is 77.9. The van der Waals surface area contributed by atoms with Crippen LogP contribution in [0.4, 0.5) is 26.3 Å². The average Bonchev–Trinajstić information content (AvgIpc) is 2.33. The maximum atomic E-state index is 12.3. The van der Waals surface area contributed by atoms with Crippen molar-refractivity contribution in [3.8, 4) is 5.75 Å². The van der Waals surface area contributed by atoms with E-state index in [9.17, 15) is 26.3 Å². The van der Waals surface area contributed by atoms with Gasteiger partial charge in [-0.05, 0) is 18.2 Å². The van der Waals surface area contributed by atoms with Crippen molar-refractivity contribution in [2.45, 2.75) is 18.5 Å². The van der Waals surface area contributed by atoms with Gasteiger partial charge in [0, 0.05) is 5.56 Å². The number of ether oxygens (including phenoxy) is 1. The van der Waals surface area contributed by atoms with E-state index in [0.717, 1.165) is 18.2 Å². The highest BCUT2D eigenvalue weighted by molar-refractivity contribution is 6.32. The van der Waals surface area contributed by atoms with Gasteiger partial charge in [-0.2, -0.15) is 26.3 Å². The van der Waals surface area contributed by atoms with Crippen molar-refractivity contribution < 1.29 is 36.3 Å². The van der Waals surface area contributed by atoms with Crippen molar-refractivity contribution in [3.63, 3.8) is 0 Å². The quantitative estimate of drug-likeness (QED) is 0.292. The van der Waals surface area contributed by atoms with E-state index in [-0.39, 0.29) is 5.56 Å². The summed E-state index contributed by atoms with van der Waals surface area (Å²) in [4.78, 5) is 0. The molecule has 1 aromatic carbocycles. The molecule has 1 aromatic rings. The number of oxime groups is 1. The van der Waals surface area contributed by atoms with Crippen molar-refractivity contribution in [1.29, 1.82) is 0 Å². The molecule has 0 radical (unpaired) electrons. The summed E-state index contributed by atoms with van der Waals surface area (Å²) >= 11 is 5.52. The lowest BCUT2D eigenvalue weighted by Crippen LogP contribution is -2.46. The van der Waals surface area contributed by atoms with E-state index >= 15 is 0 Å². The summed E-state index contributed by atoms with van der Waals surface area (Å²) in [6.45, 7) is 0. The fourth-order valence-electron chi connectivity index (χ4n) is 1.26. The van der Waals surface area contributed by atoms with E-state index in [4.69, 9.17) is 22.5 Å². The summed E-state index contributed by atoms with van der Waals surface area (Å²) in [5, 5.41) is 10.4. The van der Waals surface area contributed by atoms with E-state index in [0.29, 0.717) is 0 Å². The van der Waals surface area contributed by atoms with Gasteiger partial charge in [0.25, 0.3) is 6.10 Å². The number of hydrogen-bond acceptors (Lipinski definition) is 3.